The van der Waals surface area contributed by atoms with Gasteiger partial charge >= 0.3 is 5.97 Å². The summed E-state index contributed by atoms with van der Waals surface area (Å²) in [6.07, 6.45) is 3.20. The largest absolute Gasteiger partial charge is 0.489 e. The molecule has 0 radical (unpaired) electrons. The highest BCUT2D eigenvalue weighted by Crippen LogP contribution is 2.31. The van der Waals surface area contributed by atoms with Gasteiger partial charge in [-0.1, -0.05) is 37.6 Å². The minimum Gasteiger partial charge on any atom is -0.489 e. The molecular formula is C19H21ClO3S. The van der Waals surface area contributed by atoms with Gasteiger partial charge in [-0.3, -0.25) is 4.79 Å². The number of halogens is 1. The fourth-order valence-electron chi connectivity index (χ4n) is 2.23. The lowest BCUT2D eigenvalue weighted by Gasteiger charge is -2.15. The van der Waals surface area contributed by atoms with Crippen LogP contribution in [0.1, 0.15) is 31.4 Å². The van der Waals surface area contributed by atoms with Crippen molar-refractivity contribution in [3.63, 3.8) is 0 Å². The van der Waals surface area contributed by atoms with E-state index in [9.17, 15) is 4.79 Å². The summed E-state index contributed by atoms with van der Waals surface area (Å²) in [6, 6.07) is 11.3. The summed E-state index contributed by atoms with van der Waals surface area (Å²) in [6.45, 7) is 4.14. The lowest BCUT2D eigenvalue weighted by Crippen LogP contribution is -2.09. The molecule has 0 aliphatic heterocycles. The Hall–Kier alpha value is -1.65. The van der Waals surface area contributed by atoms with Gasteiger partial charge in [0, 0.05) is 21.9 Å². The summed E-state index contributed by atoms with van der Waals surface area (Å²) in [4.78, 5) is 12.7. The predicted molar refractivity (Wildman–Crippen MR) is 99.3 cm³/mol. The minimum atomic E-state index is -0.259. The summed E-state index contributed by atoms with van der Waals surface area (Å²) >= 11 is 7.83. The number of carbonyl (C=O) groups excluding carboxylic acids is 1. The Kier molecular flexibility index (Phi) is 7.00. The maximum atomic E-state index is 11.6. The third kappa shape index (κ3) is 4.68. The topological polar surface area (TPSA) is 35.5 Å². The molecule has 0 fully saturated rings. The predicted octanol–water partition coefficient (Wildman–Crippen LogP) is 5.52. The number of aryl methyl sites for hydroxylation is 1. The number of benzene rings is 2. The van der Waals surface area contributed by atoms with E-state index in [1.807, 2.05) is 36.6 Å². The van der Waals surface area contributed by atoms with E-state index in [0.29, 0.717) is 29.5 Å². The van der Waals surface area contributed by atoms with Gasteiger partial charge in [-0.2, -0.15) is 0 Å². The molecular weight excluding hydrogens is 344 g/mol. The second-order valence-electron chi connectivity index (χ2n) is 5.16. The molecule has 2 rings (SSSR count). The average Bonchev–Trinajstić information content (AvgIpc) is 2.60. The van der Waals surface area contributed by atoms with Crippen LogP contribution in [0.2, 0.25) is 5.02 Å². The lowest BCUT2D eigenvalue weighted by atomic mass is 10.1. The molecule has 2 aromatic carbocycles. The first-order valence-electron chi connectivity index (χ1n) is 7.86. The third-order valence-electron chi connectivity index (χ3n) is 3.61. The number of ether oxygens (including phenoxy) is 2. The van der Waals surface area contributed by atoms with Gasteiger partial charge in [-0.15, -0.1) is 11.8 Å². The molecule has 5 heteroatoms. The molecule has 0 amide bonds. The molecule has 0 aromatic heterocycles. The van der Waals surface area contributed by atoms with Gasteiger partial charge in [-0.25, -0.2) is 0 Å². The molecule has 0 N–H and O–H groups in total. The van der Waals surface area contributed by atoms with E-state index in [0.717, 1.165) is 22.4 Å². The van der Waals surface area contributed by atoms with Crippen molar-refractivity contribution >= 4 is 29.3 Å². The van der Waals surface area contributed by atoms with Crippen molar-refractivity contribution in [2.45, 2.75) is 38.2 Å². The first kappa shape index (κ1) is 18.7. The van der Waals surface area contributed by atoms with Crippen LogP contribution >= 0.6 is 23.4 Å². The quantitative estimate of drug-likeness (QED) is 0.368. The molecule has 0 saturated heterocycles. The van der Waals surface area contributed by atoms with Gasteiger partial charge in [0.15, 0.2) is 0 Å². The summed E-state index contributed by atoms with van der Waals surface area (Å²) in [5, 5.41) is 0.700. The van der Waals surface area contributed by atoms with Crippen LogP contribution in [0, 0.1) is 0 Å². The molecule has 3 nitrogen and oxygen atoms in total. The zero-order chi connectivity index (χ0) is 17.5. The highest BCUT2D eigenvalue weighted by Gasteiger charge is 2.13. The highest BCUT2D eigenvalue weighted by molar-refractivity contribution is 7.98. The second-order valence-corrected chi connectivity index (χ2v) is 6.42. The Morgan fingerprint density at radius 3 is 2.62 bits per heavy atom. The smallest absolute Gasteiger partial charge is 0.310 e. The van der Waals surface area contributed by atoms with Crippen LogP contribution in [0.4, 0.5) is 0 Å². The normalized spacial score (nSPS) is 10.5. The number of esters is 1. The molecule has 0 heterocycles. The van der Waals surface area contributed by atoms with Crippen LogP contribution in [0.15, 0.2) is 41.3 Å². The monoisotopic (exact) mass is 364 g/mol. The van der Waals surface area contributed by atoms with Crippen LogP contribution < -0.4 is 9.47 Å². The van der Waals surface area contributed by atoms with Gasteiger partial charge in [0.2, 0.25) is 0 Å². The van der Waals surface area contributed by atoms with Crippen molar-refractivity contribution < 1.29 is 14.3 Å². The fourth-order valence-corrected chi connectivity index (χ4v) is 3.15. The minimum absolute atomic E-state index is 0.259. The van der Waals surface area contributed by atoms with Crippen molar-refractivity contribution in [3.8, 4) is 11.5 Å². The van der Waals surface area contributed by atoms with Crippen molar-refractivity contribution in [1.82, 2.24) is 0 Å². The first-order valence-corrected chi connectivity index (χ1v) is 9.47. The summed E-state index contributed by atoms with van der Waals surface area (Å²) in [5.74, 6) is 0.982. The average molecular weight is 365 g/mol. The molecule has 0 atom stereocenters. The van der Waals surface area contributed by atoms with Gasteiger partial charge in [0.05, 0.1) is 0 Å². The van der Waals surface area contributed by atoms with Gasteiger partial charge < -0.3 is 9.47 Å². The molecule has 0 spiro atoms. The molecule has 0 aliphatic rings. The van der Waals surface area contributed by atoms with Crippen LogP contribution in [-0.4, -0.2) is 12.2 Å². The summed E-state index contributed by atoms with van der Waals surface area (Å²) in [7, 11) is 0. The third-order valence-corrected chi connectivity index (χ3v) is 4.79. The van der Waals surface area contributed by atoms with Gasteiger partial charge in [-0.05, 0) is 42.5 Å². The Morgan fingerprint density at radius 2 is 2.00 bits per heavy atom. The van der Waals surface area contributed by atoms with Gasteiger partial charge in [0.1, 0.15) is 18.1 Å². The Balaban J connectivity index is 2.21. The summed E-state index contributed by atoms with van der Waals surface area (Å²) in [5.41, 5.74) is 1.95. The highest BCUT2D eigenvalue weighted by atomic mass is 35.5. The first-order chi connectivity index (χ1) is 11.6. The molecule has 0 unspecified atom stereocenters. The molecule has 24 heavy (non-hydrogen) atoms. The number of hydrogen-bond donors (Lipinski definition) is 0. The molecule has 128 valence electrons. The van der Waals surface area contributed by atoms with Crippen molar-refractivity contribution in [2.24, 2.45) is 0 Å². The Bertz CT molecular complexity index is 716. The number of thioether (sulfide) groups is 1. The zero-order valence-electron chi connectivity index (χ0n) is 14.1. The molecule has 0 saturated carbocycles. The van der Waals surface area contributed by atoms with Crippen molar-refractivity contribution in [3.05, 3.63) is 52.5 Å². The number of rotatable bonds is 7. The van der Waals surface area contributed by atoms with E-state index in [1.54, 1.807) is 24.8 Å². The number of hydrogen-bond acceptors (Lipinski definition) is 4. The lowest BCUT2D eigenvalue weighted by molar-refractivity contribution is -0.134. The van der Waals surface area contributed by atoms with E-state index >= 15 is 0 Å². The van der Waals surface area contributed by atoms with E-state index < -0.39 is 0 Å². The van der Waals surface area contributed by atoms with E-state index in [4.69, 9.17) is 21.1 Å². The van der Waals surface area contributed by atoms with Crippen LogP contribution in [0.25, 0.3) is 0 Å². The van der Waals surface area contributed by atoms with Crippen molar-refractivity contribution in [1.29, 1.82) is 0 Å². The van der Waals surface area contributed by atoms with E-state index in [-0.39, 0.29) is 5.97 Å². The van der Waals surface area contributed by atoms with Gasteiger partial charge in [0.25, 0.3) is 0 Å². The Labute approximate surface area is 152 Å². The van der Waals surface area contributed by atoms with E-state index in [1.165, 1.54) is 0 Å². The van der Waals surface area contributed by atoms with Crippen LogP contribution in [0.5, 0.6) is 11.5 Å². The molecule has 2 aromatic rings. The SMILES string of the molecule is CCC(=O)Oc1cccc(SC)c1COc1ccc(CC)c(Cl)c1. The maximum Gasteiger partial charge on any atom is 0.310 e. The van der Waals surface area contributed by atoms with E-state index in [2.05, 4.69) is 6.92 Å². The van der Waals surface area contributed by atoms with Crippen LogP contribution in [0.3, 0.4) is 0 Å². The second kappa shape index (κ2) is 9.00. The van der Waals surface area contributed by atoms with Crippen molar-refractivity contribution in [2.75, 3.05) is 6.26 Å². The van der Waals surface area contributed by atoms with Crippen LogP contribution in [-0.2, 0) is 17.8 Å². The standard InChI is InChI=1S/C19H21ClO3S/c1-4-13-9-10-14(11-16(13)20)22-12-15-17(23-19(21)5-2)7-6-8-18(15)24-3/h6-11H,4-5,12H2,1-3H3. The summed E-state index contributed by atoms with van der Waals surface area (Å²) < 4.78 is 11.3. The number of carbonyl (C=O) groups is 1. The molecule has 0 bridgehead atoms. The molecule has 0 aliphatic carbocycles. The zero-order valence-corrected chi connectivity index (χ0v) is 15.7. The maximum absolute atomic E-state index is 11.6. The Morgan fingerprint density at radius 1 is 1.21 bits per heavy atom. The fraction of sp³-hybridized carbons (Fsp3) is 0.316.